The lowest BCUT2D eigenvalue weighted by atomic mass is 9.81. The summed E-state index contributed by atoms with van der Waals surface area (Å²) in [7, 11) is 1.60. The lowest BCUT2D eigenvalue weighted by molar-refractivity contribution is 0.343. The fourth-order valence-corrected chi connectivity index (χ4v) is 5.36. The molecule has 5 rings (SSSR count). The van der Waals surface area contributed by atoms with Gasteiger partial charge in [-0.1, -0.05) is 49.3 Å². The van der Waals surface area contributed by atoms with Crippen molar-refractivity contribution < 1.29 is 13.9 Å². The predicted octanol–water partition coefficient (Wildman–Crippen LogP) is 7.36. The molecule has 3 aromatic carbocycles. The van der Waals surface area contributed by atoms with E-state index in [4.69, 9.17) is 26.1 Å². The largest absolute Gasteiger partial charge is 0.495 e. The summed E-state index contributed by atoms with van der Waals surface area (Å²) in [6.45, 7) is 4.73. The smallest absolute Gasteiger partial charge is 0.172 e. The maximum atomic E-state index is 13.8. The van der Waals surface area contributed by atoms with Crippen molar-refractivity contribution in [1.29, 1.82) is 0 Å². The van der Waals surface area contributed by atoms with Gasteiger partial charge < -0.3 is 14.0 Å². The molecule has 0 aliphatic carbocycles. The highest BCUT2D eigenvalue weighted by molar-refractivity contribution is 7.99. The van der Waals surface area contributed by atoms with Gasteiger partial charge in [0.2, 0.25) is 0 Å². The van der Waals surface area contributed by atoms with Crippen LogP contribution in [0.2, 0.25) is 5.02 Å². The van der Waals surface area contributed by atoms with Gasteiger partial charge in [-0.25, -0.2) is 14.4 Å². The van der Waals surface area contributed by atoms with Gasteiger partial charge >= 0.3 is 0 Å². The highest BCUT2D eigenvalue weighted by Crippen LogP contribution is 2.38. The van der Waals surface area contributed by atoms with E-state index < -0.39 is 5.41 Å². The average molecular weight is 563 g/mol. The molecule has 0 saturated heterocycles. The van der Waals surface area contributed by atoms with Gasteiger partial charge in [0.1, 0.15) is 17.3 Å². The number of ether oxygens (including phenoxy) is 2. The van der Waals surface area contributed by atoms with Crippen LogP contribution in [0, 0.1) is 5.82 Å². The van der Waals surface area contributed by atoms with E-state index in [1.807, 2.05) is 59.4 Å². The molecule has 0 bridgehead atoms. The summed E-state index contributed by atoms with van der Waals surface area (Å²) >= 11 is 7.87. The summed E-state index contributed by atoms with van der Waals surface area (Å²) in [6, 6.07) is 20.1. The molecule has 39 heavy (non-hydrogen) atoms. The maximum Gasteiger partial charge on any atom is 0.172 e. The molecule has 0 fully saturated rings. The fourth-order valence-electron chi connectivity index (χ4n) is 4.35. The van der Waals surface area contributed by atoms with Gasteiger partial charge in [-0.2, -0.15) is 0 Å². The SMILES string of the molecule is COc1cc(C(C)(C)c2cnc(SCCOc3cccc(-n4ccnc4)c3)n2-c2ccc(F)cc2)ccc1Cl. The number of methoxy groups -OCH3 is 1. The number of hydrogen-bond acceptors (Lipinski definition) is 5. The van der Waals surface area contributed by atoms with Crippen LogP contribution in [0.3, 0.4) is 0 Å². The lowest BCUT2D eigenvalue weighted by Gasteiger charge is -2.28. The molecule has 0 atom stereocenters. The van der Waals surface area contributed by atoms with Gasteiger partial charge in [0.25, 0.3) is 0 Å². The van der Waals surface area contributed by atoms with Gasteiger partial charge in [0, 0.05) is 35.3 Å². The van der Waals surface area contributed by atoms with E-state index >= 15 is 0 Å². The number of thioether (sulfide) groups is 1. The number of benzene rings is 3. The normalized spacial score (nSPS) is 11.5. The Morgan fingerprint density at radius 2 is 1.85 bits per heavy atom. The number of halogens is 2. The first-order valence-electron chi connectivity index (χ1n) is 12.4. The summed E-state index contributed by atoms with van der Waals surface area (Å²) in [4.78, 5) is 8.87. The van der Waals surface area contributed by atoms with Crippen LogP contribution in [-0.4, -0.2) is 38.6 Å². The third-order valence-electron chi connectivity index (χ3n) is 6.53. The summed E-state index contributed by atoms with van der Waals surface area (Å²) < 4.78 is 29.3. The van der Waals surface area contributed by atoms with Gasteiger partial charge in [0.15, 0.2) is 5.16 Å². The van der Waals surface area contributed by atoms with E-state index in [0.29, 0.717) is 23.1 Å². The summed E-state index contributed by atoms with van der Waals surface area (Å²) in [6.07, 6.45) is 7.27. The molecular formula is C30H28ClFN4O2S. The zero-order chi connectivity index (χ0) is 27.4. The molecule has 0 saturated carbocycles. The number of hydrogen-bond donors (Lipinski definition) is 0. The van der Waals surface area contributed by atoms with Crippen molar-refractivity contribution >= 4 is 23.4 Å². The Morgan fingerprint density at radius 1 is 1.03 bits per heavy atom. The Balaban J connectivity index is 1.38. The third kappa shape index (κ3) is 5.82. The van der Waals surface area contributed by atoms with Crippen LogP contribution in [0.4, 0.5) is 4.39 Å². The van der Waals surface area contributed by atoms with Crippen molar-refractivity contribution in [1.82, 2.24) is 19.1 Å². The van der Waals surface area contributed by atoms with Crippen LogP contribution in [-0.2, 0) is 5.41 Å². The van der Waals surface area contributed by atoms with Gasteiger partial charge in [-0.3, -0.25) is 4.57 Å². The lowest BCUT2D eigenvalue weighted by Crippen LogP contribution is -2.23. The Labute approximate surface area is 236 Å². The molecule has 6 nitrogen and oxygen atoms in total. The van der Waals surface area contributed by atoms with E-state index in [2.05, 4.69) is 23.4 Å². The molecule has 0 spiro atoms. The molecule has 0 radical (unpaired) electrons. The van der Waals surface area contributed by atoms with E-state index in [1.165, 1.54) is 12.1 Å². The van der Waals surface area contributed by atoms with Crippen LogP contribution in [0.5, 0.6) is 11.5 Å². The molecule has 0 aliphatic heterocycles. The molecule has 5 aromatic rings. The first-order chi connectivity index (χ1) is 18.9. The topological polar surface area (TPSA) is 54.1 Å². The van der Waals surface area contributed by atoms with Crippen molar-refractivity contribution in [2.75, 3.05) is 19.5 Å². The zero-order valence-electron chi connectivity index (χ0n) is 21.8. The minimum Gasteiger partial charge on any atom is -0.495 e. The van der Waals surface area contributed by atoms with E-state index in [-0.39, 0.29) is 5.82 Å². The number of aromatic nitrogens is 4. The molecule has 2 aromatic heterocycles. The standard InChI is InChI=1S/C30H28ClFN4O2S/c1-30(2,21-7-12-26(31)27(17-21)37-3)28-19-34-29(36(28)23-10-8-22(32)9-11-23)39-16-15-38-25-6-4-5-24(18-25)35-14-13-33-20-35/h4-14,17-20H,15-16H2,1-3H3. The molecule has 9 heteroatoms. The van der Waals surface area contributed by atoms with E-state index in [1.54, 1.807) is 43.5 Å². The van der Waals surface area contributed by atoms with Gasteiger partial charge in [-0.05, 0) is 54.1 Å². The quantitative estimate of drug-likeness (QED) is 0.131. The highest BCUT2D eigenvalue weighted by atomic mass is 35.5. The average Bonchev–Trinajstić information content (AvgIpc) is 3.63. The zero-order valence-corrected chi connectivity index (χ0v) is 23.4. The Morgan fingerprint density at radius 3 is 2.59 bits per heavy atom. The molecule has 0 amide bonds. The van der Waals surface area contributed by atoms with Crippen LogP contribution >= 0.6 is 23.4 Å². The van der Waals surface area contributed by atoms with Crippen LogP contribution in [0.1, 0.15) is 25.1 Å². The van der Waals surface area contributed by atoms with Crippen molar-refractivity contribution in [2.45, 2.75) is 24.4 Å². The Bertz CT molecular complexity index is 1550. The molecule has 0 aliphatic rings. The van der Waals surface area contributed by atoms with Crippen LogP contribution in [0.15, 0.2) is 96.8 Å². The first kappa shape index (κ1) is 26.8. The fraction of sp³-hybridized carbons (Fsp3) is 0.200. The van der Waals surface area contributed by atoms with E-state index in [0.717, 1.165) is 33.5 Å². The van der Waals surface area contributed by atoms with Crippen LogP contribution < -0.4 is 9.47 Å². The minimum atomic E-state index is -0.456. The number of nitrogens with zero attached hydrogens (tertiary/aromatic N) is 4. The minimum absolute atomic E-state index is 0.289. The Kier molecular flexibility index (Phi) is 7.95. The second-order valence-corrected chi connectivity index (χ2v) is 10.8. The monoisotopic (exact) mass is 562 g/mol. The van der Waals surface area contributed by atoms with Gasteiger partial charge in [-0.15, -0.1) is 0 Å². The van der Waals surface area contributed by atoms with Crippen molar-refractivity contribution in [2.24, 2.45) is 0 Å². The molecule has 200 valence electrons. The molecule has 2 heterocycles. The third-order valence-corrected chi connectivity index (χ3v) is 7.76. The van der Waals surface area contributed by atoms with Crippen molar-refractivity contribution in [3.63, 3.8) is 0 Å². The second kappa shape index (κ2) is 11.6. The van der Waals surface area contributed by atoms with Crippen LogP contribution in [0.25, 0.3) is 11.4 Å². The number of rotatable bonds is 10. The first-order valence-corrected chi connectivity index (χ1v) is 13.8. The highest BCUT2D eigenvalue weighted by Gasteiger charge is 2.30. The Hall–Kier alpha value is -3.75. The maximum absolute atomic E-state index is 13.8. The number of imidazole rings is 2. The van der Waals surface area contributed by atoms with Crippen molar-refractivity contribution in [3.05, 3.63) is 114 Å². The molecular weight excluding hydrogens is 535 g/mol. The predicted molar refractivity (Wildman–Crippen MR) is 153 cm³/mol. The molecule has 0 N–H and O–H groups in total. The van der Waals surface area contributed by atoms with E-state index in [9.17, 15) is 4.39 Å². The van der Waals surface area contributed by atoms with Gasteiger partial charge in [0.05, 0.1) is 42.6 Å². The summed E-state index contributed by atoms with van der Waals surface area (Å²) in [5, 5.41) is 1.34. The van der Waals surface area contributed by atoms with Crippen molar-refractivity contribution in [3.8, 4) is 22.9 Å². The second-order valence-electron chi connectivity index (χ2n) is 9.38. The summed E-state index contributed by atoms with van der Waals surface area (Å²) in [5.74, 6) is 1.77. The summed E-state index contributed by atoms with van der Waals surface area (Å²) in [5.41, 5.74) is 3.33. The molecule has 0 unspecified atom stereocenters.